The van der Waals surface area contributed by atoms with Crippen LogP contribution >= 0.6 is 0 Å². The zero-order valence-corrected chi connectivity index (χ0v) is 10.9. The molecular formula is C14H19NO4. The molecule has 0 spiro atoms. The van der Waals surface area contributed by atoms with Crippen LogP contribution in [0.3, 0.4) is 0 Å². The maximum Gasteiger partial charge on any atom is 0.339 e. The van der Waals surface area contributed by atoms with Crippen molar-refractivity contribution < 1.29 is 19.4 Å². The number of carbonyl (C=O) groups is 1. The Balaban J connectivity index is 1.74. The molecule has 1 heterocycles. The summed E-state index contributed by atoms with van der Waals surface area (Å²) in [7, 11) is 0. The molecule has 2 rings (SSSR count). The first-order valence-electron chi connectivity index (χ1n) is 6.52. The number of nitrogens with zero attached hydrogens (tertiary/aromatic N) is 1. The summed E-state index contributed by atoms with van der Waals surface area (Å²) in [5.41, 5.74) is 0.217. The molecule has 1 aliphatic heterocycles. The lowest BCUT2D eigenvalue weighted by molar-refractivity contribution is 0.0357. The zero-order chi connectivity index (χ0) is 13.5. The van der Waals surface area contributed by atoms with Crippen LogP contribution in [0.1, 0.15) is 16.8 Å². The third-order valence-corrected chi connectivity index (χ3v) is 3.10. The Bertz CT molecular complexity index is 416. The zero-order valence-electron chi connectivity index (χ0n) is 10.9. The van der Waals surface area contributed by atoms with E-state index in [1.54, 1.807) is 24.3 Å². The number of morpholine rings is 1. The van der Waals surface area contributed by atoms with Crippen molar-refractivity contribution in [1.82, 2.24) is 4.90 Å². The molecule has 1 N–H and O–H groups in total. The van der Waals surface area contributed by atoms with Crippen molar-refractivity contribution in [2.75, 3.05) is 39.5 Å². The standard InChI is InChI=1S/C14H19NO4/c16-14(17)12-4-1-2-5-13(12)19-9-3-6-15-7-10-18-11-8-15/h1-2,4-5H,3,6-11H2,(H,16,17). The van der Waals surface area contributed by atoms with E-state index in [1.807, 2.05) is 0 Å². The molecule has 5 nitrogen and oxygen atoms in total. The van der Waals surface area contributed by atoms with E-state index >= 15 is 0 Å². The van der Waals surface area contributed by atoms with Crippen LogP contribution < -0.4 is 4.74 Å². The number of rotatable bonds is 6. The lowest BCUT2D eigenvalue weighted by atomic mass is 10.2. The summed E-state index contributed by atoms with van der Waals surface area (Å²) >= 11 is 0. The molecule has 0 saturated carbocycles. The highest BCUT2D eigenvalue weighted by molar-refractivity contribution is 5.90. The van der Waals surface area contributed by atoms with E-state index in [0.717, 1.165) is 39.3 Å². The topological polar surface area (TPSA) is 59.0 Å². The maximum atomic E-state index is 11.0. The summed E-state index contributed by atoms with van der Waals surface area (Å²) in [4.78, 5) is 13.3. The van der Waals surface area contributed by atoms with Gasteiger partial charge in [0.05, 0.1) is 19.8 Å². The number of carboxylic acid groups (broad SMARTS) is 1. The Morgan fingerprint density at radius 1 is 1.32 bits per heavy atom. The molecule has 0 amide bonds. The molecular weight excluding hydrogens is 246 g/mol. The SMILES string of the molecule is O=C(O)c1ccccc1OCCCN1CCOCC1. The molecule has 0 radical (unpaired) electrons. The summed E-state index contributed by atoms with van der Waals surface area (Å²) in [6, 6.07) is 6.73. The summed E-state index contributed by atoms with van der Waals surface area (Å²) in [6.07, 6.45) is 0.883. The van der Waals surface area contributed by atoms with Crippen molar-refractivity contribution in [2.24, 2.45) is 0 Å². The van der Waals surface area contributed by atoms with Crippen molar-refractivity contribution >= 4 is 5.97 Å². The highest BCUT2D eigenvalue weighted by Crippen LogP contribution is 2.17. The minimum Gasteiger partial charge on any atom is -0.493 e. The quantitative estimate of drug-likeness (QED) is 0.790. The lowest BCUT2D eigenvalue weighted by Gasteiger charge is -2.26. The number of benzene rings is 1. The second kappa shape index (κ2) is 7.11. The van der Waals surface area contributed by atoms with Gasteiger partial charge in [0.15, 0.2) is 0 Å². The molecule has 1 aromatic carbocycles. The largest absolute Gasteiger partial charge is 0.493 e. The number of aromatic carboxylic acids is 1. The summed E-state index contributed by atoms with van der Waals surface area (Å²) in [5, 5.41) is 9.02. The van der Waals surface area contributed by atoms with Crippen LogP contribution in [0.2, 0.25) is 0 Å². The van der Waals surface area contributed by atoms with Gasteiger partial charge >= 0.3 is 5.97 Å². The first kappa shape index (κ1) is 13.8. The molecule has 0 aliphatic carbocycles. The van der Waals surface area contributed by atoms with E-state index in [9.17, 15) is 4.79 Å². The van der Waals surface area contributed by atoms with Crippen LogP contribution in [0.5, 0.6) is 5.75 Å². The van der Waals surface area contributed by atoms with Gasteiger partial charge in [0.2, 0.25) is 0 Å². The molecule has 1 fully saturated rings. The first-order chi connectivity index (χ1) is 9.27. The average Bonchev–Trinajstić information content (AvgIpc) is 2.45. The predicted molar refractivity (Wildman–Crippen MR) is 70.8 cm³/mol. The molecule has 104 valence electrons. The van der Waals surface area contributed by atoms with E-state index in [1.165, 1.54) is 0 Å². The molecule has 0 aromatic heterocycles. The van der Waals surface area contributed by atoms with E-state index in [2.05, 4.69) is 4.90 Å². The summed E-state index contributed by atoms with van der Waals surface area (Å²) in [5.74, 6) is -0.513. The third kappa shape index (κ3) is 4.22. The minimum absolute atomic E-state index is 0.217. The highest BCUT2D eigenvalue weighted by atomic mass is 16.5. The maximum absolute atomic E-state index is 11.0. The summed E-state index contributed by atoms with van der Waals surface area (Å²) in [6.45, 7) is 5.00. The van der Waals surface area contributed by atoms with Crippen molar-refractivity contribution in [3.63, 3.8) is 0 Å². The average molecular weight is 265 g/mol. The van der Waals surface area contributed by atoms with Crippen LogP contribution in [0.15, 0.2) is 24.3 Å². The van der Waals surface area contributed by atoms with Crippen molar-refractivity contribution in [2.45, 2.75) is 6.42 Å². The van der Waals surface area contributed by atoms with Crippen molar-refractivity contribution in [3.8, 4) is 5.75 Å². The second-order valence-corrected chi connectivity index (χ2v) is 4.46. The van der Waals surface area contributed by atoms with Gasteiger partial charge in [0, 0.05) is 19.6 Å². The molecule has 0 atom stereocenters. The smallest absolute Gasteiger partial charge is 0.339 e. The fourth-order valence-corrected chi connectivity index (χ4v) is 2.06. The van der Waals surface area contributed by atoms with Crippen LogP contribution in [-0.4, -0.2) is 55.4 Å². The Morgan fingerprint density at radius 3 is 2.79 bits per heavy atom. The van der Waals surface area contributed by atoms with E-state index in [0.29, 0.717) is 12.4 Å². The van der Waals surface area contributed by atoms with Crippen LogP contribution in [-0.2, 0) is 4.74 Å². The second-order valence-electron chi connectivity index (χ2n) is 4.46. The van der Waals surface area contributed by atoms with E-state index < -0.39 is 5.97 Å². The first-order valence-corrected chi connectivity index (χ1v) is 6.52. The minimum atomic E-state index is -0.955. The molecule has 0 unspecified atom stereocenters. The van der Waals surface area contributed by atoms with Gasteiger partial charge in [-0.25, -0.2) is 4.79 Å². The summed E-state index contributed by atoms with van der Waals surface area (Å²) < 4.78 is 10.8. The van der Waals surface area contributed by atoms with Gasteiger partial charge in [-0.2, -0.15) is 0 Å². The van der Waals surface area contributed by atoms with Crippen molar-refractivity contribution in [3.05, 3.63) is 29.8 Å². The van der Waals surface area contributed by atoms with Gasteiger partial charge < -0.3 is 14.6 Å². The fraction of sp³-hybridized carbons (Fsp3) is 0.500. The monoisotopic (exact) mass is 265 g/mol. The van der Waals surface area contributed by atoms with Gasteiger partial charge in [-0.3, -0.25) is 4.90 Å². The van der Waals surface area contributed by atoms with Crippen LogP contribution in [0, 0.1) is 0 Å². The van der Waals surface area contributed by atoms with Gasteiger partial charge in [0.1, 0.15) is 11.3 Å². The third-order valence-electron chi connectivity index (χ3n) is 3.10. The van der Waals surface area contributed by atoms with Gasteiger partial charge in [0.25, 0.3) is 0 Å². The fourth-order valence-electron chi connectivity index (χ4n) is 2.06. The number of carboxylic acids is 1. The molecule has 1 aliphatic rings. The van der Waals surface area contributed by atoms with Crippen molar-refractivity contribution in [1.29, 1.82) is 0 Å². The number of hydrogen-bond acceptors (Lipinski definition) is 4. The Hall–Kier alpha value is -1.59. The predicted octanol–water partition coefficient (Wildman–Crippen LogP) is 1.49. The molecule has 5 heteroatoms. The lowest BCUT2D eigenvalue weighted by Crippen LogP contribution is -2.37. The molecule has 0 bridgehead atoms. The number of hydrogen-bond donors (Lipinski definition) is 1. The van der Waals surface area contributed by atoms with Crippen LogP contribution in [0.4, 0.5) is 0 Å². The van der Waals surface area contributed by atoms with Gasteiger partial charge in [-0.05, 0) is 18.6 Å². The Kier molecular flexibility index (Phi) is 5.18. The molecule has 1 aromatic rings. The van der Waals surface area contributed by atoms with Gasteiger partial charge in [-0.15, -0.1) is 0 Å². The molecule has 19 heavy (non-hydrogen) atoms. The normalized spacial score (nSPS) is 16.2. The van der Waals surface area contributed by atoms with E-state index in [-0.39, 0.29) is 5.56 Å². The number of ether oxygens (including phenoxy) is 2. The Labute approximate surface area is 112 Å². The highest BCUT2D eigenvalue weighted by Gasteiger charge is 2.11. The van der Waals surface area contributed by atoms with E-state index in [4.69, 9.17) is 14.6 Å². The Morgan fingerprint density at radius 2 is 2.05 bits per heavy atom. The van der Waals surface area contributed by atoms with Gasteiger partial charge in [-0.1, -0.05) is 12.1 Å². The number of para-hydroxylation sites is 1. The van der Waals surface area contributed by atoms with Crippen LogP contribution in [0.25, 0.3) is 0 Å². The molecule has 1 saturated heterocycles.